The van der Waals surface area contributed by atoms with Gasteiger partial charge in [0.15, 0.2) is 0 Å². The third kappa shape index (κ3) is 4.37. The summed E-state index contributed by atoms with van der Waals surface area (Å²) in [6.45, 7) is 1.87. The Hall–Kier alpha value is -0.450. The third-order valence-corrected chi connectivity index (χ3v) is 2.87. The van der Waals surface area contributed by atoms with Crippen molar-refractivity contribution in [2.45, 2.75) is 25.6 Å². The minimum absolute atomic E-state index is 0.201. The van der Waals surface area contributed by atoms with Crippen LogP contribution >= 0.6 is 23.2 Å². The molecule has 1 atom stereocenters. The van der Waals surface area contributed by atoms with Gasteiger partial charge in [0, 0.05) is 10.0 Å². The summed E-state index contributed by atoms with van der Waals surface area (Å²) in [5.74, 6) is 0. The maximum atomic E-state index is 12.7. The van der Waals surface area contributed by atoms with Crippen LogP contribution in [0.2, 0.25) is 10.0 Å². The lowest BCUT2D eigenvalue weighted by Crippen LogP contribution is -2.43. The van der Waals surface area contributed by atoms with Gasteiger partial charge in [-0.1, -0.05) is 36.2 Å². The molecule has 0 amide bonds. The fraction of sp³-hybridized carbons (Fsp3) is 0.455. The van der Waals surface area contributed by atoms with Gasteiger partial charge >= 0.3 is 6.18 Å². The van der Waals surface area contributed by atoms with E-state index in [1.165, 1.54) is 18.2 Å². The molecule has 0 aliphatic rings. The van der Waals surface area contributed by atoms with E-state index >= 15 is 0 Å². The van der Waals surface area contributed by atoms with Crippen LogP contribution in [-0.2, 0) is 6.42 Å². The highest BCUT2D eigenvalue weighted by Gasteiger charge is 2.39. The number of likely N-dealkylation sites (N-methyl/N-ethyl adjacent to an activating group) is 1. The SMILES string of the molecule is CCNC(Cc1ccc(Cl)cc1Cl)C(F)(F)F. The van der Waals surface area contributed by atoms with Gasteiger partial charge in [0.05, 0.1) is 0 Å². The molecule has 1 aromatic carbocycles. The molecule has 1 aromatic rings. The number of nitrogens with one attached hydrogen (secondary N) is 1. The second-order valence-electron chi connectivity index (χ2n) is 3.59. The topological polar surface area (TPSA) is 12.0 Å². The fourth-order valence-corrected chi connectivity index (χ4v) is 1.94. The van der Waals surface area contributed by atoms with Crippen LogP contribution in [0, 0.1) is 0 Å². The zero-order valence-electron chi connectivity index (χ0n) is 9.11. The third-order valence-electron chi connectivity index (χ3n) is 2.28. The molecule has 6 heteroatoms. The Bertz CT molecular complexity index is 379. The molecule has 1 rings (SSSR count). The zero-order chi connectivity index (χ0) is 13.1. The molecule has 0 fully saturated rings. The van der Waals surface area contributed by atoms with E-state index in [4.69, 9.17) is 23.2 Å². The summed E-state index contributed by atoms with van der Waals surface area (Å²) >= 11 is 11.5. The van der Waals surface area contributed by atoms with Crippen molar-refractivity contribution in [2.24, 2.45) is 0 Å². The average molecular weight is 286 g/mol. The number of rotatable bonds is 4. The first-order valence-electron chi connectivity index (χ1n) is 5.08. The zero-order valence-corrected chi connectivity index (χ0v) is 10.6. The van der Waals surface area contributed by atoms with Gasteiger partial charge in [-0.3, -0.25) is 0 Å². The highest BCUT2D eigenvalue weighted by Crippen LogP contribution is 2.27. The van der Waals surface area contributed by atoms with Crippen LogP contribution in [0.3, 0.4) is 0 Å². The molecule has 0 bridgehead atoms. The Morgan fingerprint density at radius 1 is 1.29 bits per heavy atom. The van der Waals surface area contributed by atoms with E-state index < -0.39 is 12.2 Å². The summed E-state index contributed by atoms with van der Waals surface area (Å²) in [6.07, 6.45) is -4.49. The second-order valence-corrected chi connectivity index (χ2v) is 4.44. The summed E-state index contributed by atoms with van der Waals surface area (Å²) in [7, 11) is 0. The molecule has 1 unspecified atom stereocenters. The Morgan fingerprint density at radius 3 is 2.41 bits per heavy atom. The molecule has 0 radical (unpaired) electrons. The lowest BCUT2D eigenvalue weighted by molar-refractivity contribution is -0.155. The predicted octanol–water partition coefficient (Wildman–Crippen LogP) is 4.08. The van der Waals surface area contributed by atoms with Crippen LogP contribution in [0.25, 0.3) is 0 Å². The van der Waals surface area contributed by atoms with E-state index in [0.717, 1.165) is 0 Å². The van der Waals surface area contributed by atoms with Crippen molar-refractivity contribution < 1.29 is 13.2 Å². The highest BCUT2D eigenvalue weighted by atomic mass is 35.5. The van der Waals surface area contributed by atoms with Crippen LogP contribution in [-0.4, -0.2) is 18.8 Å². The van der Waals surface area contributed by atoms with Crippen LogP contribution in [0.15, 0.2) is 18.2 Å². The quantitative estimate of drug-likeness (QED) is 0.879. The van der Waals surface area contributed by atoms with Gasteiger partial charge in [-0.15, -0.1) is 0 Å². The van der Waals surface area contributed by atoms with E-state index in [9.17, 15) is 13.2 Å². The Labute approximate surface area is 108 Å². The molecular formula is C11H12Cl2F3N. The smallest absolute Gasteiger partial charge is 0.306 e. The van der Waals surface area contributed by atoms with Crippen molar-refractivity contribution in [3.05, 3.63) is 33.8 Å². The van der Waals surface area contributed by atoms with E-state index in [2.05, 4.69) is 5.32 Å². The summed E-state index contributed by atoms with van der Waals surface area (Å²) in [5.41, 5.74) is 0.430. The highest BCUT2D eigenvalue weighted by molar-refractivity contribution is 6.35. The van der Waals surface area contributed by atoms with Crippen LogP contribution < -0.4 is 5.32 Å². The van der Waals surface area contributed by atoms with Gasteiger partial charge in [-0.2, -0.15) is 13.2 Å². The van der Waals surface area contributed by atoms with Gasteiger partial charge in [-0.25, -0.2) is 0 Å². The molecule has 0 saturated heterocycles. The molecule has 17 heavy (non-hydrogen) atoms. The number of halogens is 5. The van der Waals surface area contributed by atoms with Gasteiger partial charge < -0.3 is 5.32 Å². The molecule has 0 aromatic heterocycles. The second kappa shape index (κ2) is 5.94. The molecule has 0 spiro atoms. The van der Waals surface area contributed by atoms with E-state index in [0.29, 0.717) is 10.6 Å². The van der Waals surface area contributed by atoms with Crippen LogP contribution in [0.1, 0.15) is 12.5 Å². The number of hydrogen-bond donors (Lipinski definition) is 1. The van der Waals surface area contributed by atoms with Gasteiger partial charge in [0.1, 0.15) is 6.04 Å². The lowest BCUT2D eigenvalue weighted by atomic mass is 10.1. The molecule has 96 valence electrons. The summed E-state index contributed by atoms with van der Waals surface area (Å²) in [6, 6.07) is 2.90. The van der Waals surface area contributed by atoms with E-state index in [1.54, 1.807) is 6.92 Å². The Morgan fingerprint density at radius 2 is 1.94 bits per heavy atom. The largest absolute Gasteiger partial charge is 0.404 e. The standard InChI is InChI=1S/C11H12Cl2F3N/c1-2-17-10(11(14,15)16)5-7-3-4-8(12)6-9(7)13/h3-4,6,10,17H,2,5H2,1H3. The minimum Gasteiger partial charge on any atom is -0.306 e. The lowest BCUT2D eigenvalue weighted by Gasteiger charge is -2.21. The normalized spacial score (nSPS) is 13.8. The average Bonchev–Trinajstić information content (AvgIpc) is 2.19. The Balaban J connectivity index is 2.86. The number of hydrogen-bond acceptors (Lipinski definition) is 1. The van der Waals surface area contributed by atoms with Crippen molar-refractivity contribution in [3.63, 3.8) is 0 Å². The monoisotopic (exact) mass is 285 g/mol. The van der Waals surface area contributed by atoms with E-state index in [-0.39, 0.29) is 18.0 Å². The van der Waals surface area contributed by atoms with Crippen molar-refractivity contribution >= 4 is 23.2 Å². The van der Waals surface area contributed by atoms with E-state index in [1.807, 2.05) is 0 Å². The van der Waals surface area contributed by atoms with Crippen molar-refractivity contribution in [2.75, 3.05) is 6.54 Å². The molecule has 1 nitrogen and oxygen atoms in total. The molecule has 1 N–H and O–H groups in total. The molecule has 0 aliphatic heterocycles. The van der Waals surface area contributed by atoms with Crippen molar-refractivity contribution in [1.82, 2.24) is 5.32 Å². The maximum absolute atomic E-state index is 12.7. The minimum atomic E-state index is -4.29. The van der Waals surface area contributed by atoms with Gasteiger partial charge in [0.25, 0.3) is 0 Å². The van der Waals surface area contributed by atoms with Crippen LogP contribution in [0.4, 0.5) is 13.2 Å². The number of benzene rings is 1. The van der Waals surface area contributed by atoms with Crippen LogP contribution in [0.5, 0.6) is 0 Å². The van der Waals surface area contributed by atoms with Gasteiger partial charge in [-0.05, 0) is 30.7 Å². The molecular weight excluding hydrogens is 274 g/mol. The predicted molar refractivity (Wildman–Crippen MR) is 63.7 cm³/mol. The fourth-order valence-electron chi connectivity index (χ4n) is 1.46. The Kier molecular flexibility index (Phi) is 5.10. The summed E-state index contributed by atoms with van der Waals surface area (Å²) < 4.78 is 38.0. The van der Waals surface area contributed by atoms with Crippen molar-refractivity contribution in [3.8, 4) is 0 Å². The summed E-state index contributed by atoms with van der Waals surface area (Å²) in [4.78, 5) is 0. The maximum Gasteiger partial charge on any atom is 0.404 e. The van der Waals surface area contributed by atoms with Gasteiger partial charge in [0.2, 0.25) is 0 Å². The van der Waals surface area contributed by atoms with Crippen molar-refractivity contribution in [1.29, 1.82) is 0 Å². The first-order valence-corrected chi connectivity index (χ1v) is 5.84. The first-order chi connectivity index (χ1) is 7.84. The first kappa shape index (κ1) is 14.6. The number of alkyl halides is 3. The molecule has 0 saturated carbocycles. The molecule has 0 heterocycles. The summed E-state index contributed by atoms with van der Waals surface area (Å²) in [5, 5.41) is 3.06. The molecule has 0 aliphatic carbocycles.